The van der Waals surface area contributed by atoms with E-state index in [2.05, 4.69) is 0 Å². The summed E-state index contributed by atoms with van der Waals surface area (Å²) < 4.78 is 80.0. The first-order valence-electron chi connectivity index (χ1n) is 14.2. The van der Waals surface area contributed by atoms with E-state index in [0.29, 0.717) is 10.6 Å². The molecule has 2 heterocycles. The smallest absolute Gasteiger partial charge is 0.416 e. The highest BCUT2D eigenvalue weighted by Gasteiger charge is 2.39. The molecular formula is C34H27Cl2F3N2O6S. The maximum atomic E-state index is 13.8. The van der Waals surface area contributed by atoms with Crippen LogP contribution < -0.4 is 4.90 Å². The molecule has 1 amide bonds. The lowest BCUT2D eigenvalue weighted by atomic mass is 10.1. The zero-order valence-electron chi connectivity index (χ0n) is 25.6. The SMILES string of the molecule is COC(=O)C1=C(C)N(c2cccc(C(F)(F)F)c2)C(=O)/C1=C/c1ccc(CN(Cc2ccc(Cl)cc2Cl)S(=O)(=O)c2ccc(C)cc2)o1. The minimum Gasteiger partial charge on any atom is -0.465 e. The molecule has 0 spiro atoms. The van der Waals surface area contributed by atoms with Crippen LogP contribution >= 0.6 is 23.2 Å². The van der Waals surface area contributed by atoms with E-state index in [1.807, 2.05) is 6.92 Å². The third-order valence-electron chi connectivity index (χ3n) is 7.54. The van der Waals surface area contributed by atoms with Gasteiger partial charge in [-0.05, 0) is 80.1 Å². The fraction of sp³-hybridized carbons (Fsp3) is 0.176. The fourth-order valence-electron chi connectivity index (χ4n) is 5.11. The van der Waals surface area contributed by atoms with Crippen molar-refractivity contribution in [1.82, 2.24) is 4.31 Å². The number of amides is 1. The second kappa shape index (κ2) is 13.6. The average molecular weight is 720 g/mol. The highest BCUT2D eigenvalue weighted by molar-refractivity contribution is 7.89. The van der Waals surface area contributed by atoms with Gasteiger partial charge in [0.05, 0.1) is 35.3 Å². The molecule has 3 aromatic carbocycles. The number of esters is 1. The van der Waals surface area contributed by atoms with E-state index < -0.39 is 33.6 Å². The van der Waals surface area contributed by atoms with E-state index in [0.717, 1.165) is 35.8 Å². The van der Waals surface area contributed by atoms with E-state index in [1.165, 1.54) is 53.7 Å². The van der Waals surface area contributed by atoms with Gasteiger partial charge in [-0.15, -0.1) is 0 Å². The molecule has 8 nitrogen and oxygen atoms in total. The van der Waals surface area contributed by atoms with Crippen molar-refractivity contribution in [3.63, 3.8) is 0 Å². The first-order chi connectivity index (χ1) is 22.6. The summed E-state index contributed by atoms with van der Waals surface area (Å²) in [6.45, 7) is 2.86. The number of carbonyl (C=O) groups excluding carboxylic acids is 2. The number of hydrogen-bond acceptors (Lipinski definition) is 6. The first kappa shape index (κ1) is 35.0. The molecule has 0 radical (unpaired) electrons. The average Bonchev–Trinajstić information content (AvgIpc) is 3.57. The predicted molar refractivity (Wildman–Crippen MR) is 174 cm³/mol. The Morgan fingerprint density at radius 1 is 0.979 bits per heavy atom. The molecule has 1 aromatic heterocycles. The van der Waals surface area contributed by atoms with Crippen LogP contribution in [0, 0.1) is 6.92 Å². The van der Waals surface area contributed by atoms with Gasteiger partial charge in [0.25, 0.3) is 5.91 Å². The molecule has 0 N–H and O–H groups in total. The van der Waals surface area contributed by atoms with Crippen molar-refractivity contribution in [3.05, 3.63) is 134 Å². The normalized spacial score (nSPS) is 14.8. The minimum absolute atomic E-state index is 0.0432. The lowest BCUT2D eigenvalue weighted by molar-refractivity contribution is -0.137. The van der Waals surface area contributed by atoms with Crippen LogP contribution in [0.5, 0.6) is 0 Å². The Morgan fingerprint density at radius 3 is 2.33 bits per heavy atom. The van der Waals surface area contributed by atoms with Crippen LogP contribution in [0.3, 0.4) is 0 Å². The van der Waals surface area contributed by atoms with Gasteiger partial charge in [0.2, 0.25) is 10.0 Å². The summed E-state index contributed by atoms with van der Waals surface area (Å²) >= 11 is 12.4. The Bertz CT molecular complexity index is 2070. The Kier molecular flexibility index (Phi) is 9.93. The van der Waals surface area contributed by atoms with Gasteiger partial charge in [-0.25, -0.2) is 13.2 Å². The number of ether oxygens (including phenoxy) is 1. The third-order valence-corrected chi connectivity index (χ3v) is 9.94. The van der Waals surface area contributed by atoms with Crippen molar-refractivity contribution in [2.45, 2.75) is 38.0 Å². The van der Waals surface area contributed by atoms with Gasteiger partial charge >= 0.3 is 12.1 Å². The second-order valence-electron chi connectivity index (χ2n) is 10.8. The molecule has 0 fully saturated rings. The van der Waals surface area contributed by atoms with Gasteiger partial charge in [0.1, 0.15) is 11.5 Å². The van der Waals surface area contributed by atoms with Gasteiger partial charge in [0, 0.05) is 28.0 Å². The van der Waals surface area contributed by atoms with Crippen molar-refractivity contribution in [2.75, 3.05) is 12.0 Å². The summed E-state index contributed by atoms with van der Waals surface area (Å²) in [5.74, 6) is -1.41. The summed E-state index contributed by atoms with van der Waals surface area (Å²) in [5, 5.41) is 0.642. The molecule has 0 aliphatic carbocycles. The molecule has 250 valence electrons. The van der Waals surface area contributed by atoms with Crippen LogP contribution in [0.25, 0.3) is 6.08 Å². The molecule has 1 aliphatic rings. The predicted octanol–water partition coefficient (Wildman–Crippen LogP) is 8.18. The lowest BCUT2D eigenvalue weighted by Crippen LogP contribution is -2.30. The Morgan fingerprint density at radius 2 is 1.69 bits per heavy atom. The number of anilines is 1. The van der Waals surface area contributed by atoms with Crippen molar-refractivity contribution < 1.29 is 40.3 Å². The molecule has 14 heteroatoms. The van der Waals surface area contributed by atoms with E-state index >= 15 is 0 Å². The van der Waals surface area contributed by atoms with Gasteiger partial charge in [-0.2, -0.15) is 17.5 Å². The number of allylic oxidation sites excluding steroid dienone is 1. The number of furan rings is 1. The minimum atomic E-state index is -4.66. The second-order valence-corrected chi connectivity index (χ2v) is 13.6. The Labute approximate surface area is 284 Å². The van der Waals surface area contributed by atoms with E-state index in [9.17, 15) is 31.2 Å². The molecule has 5 rings (SSSR count). The standard InChI is InChI=1S/C34H27Cl2F3N2O6S/c1-20-7-13-28(14-8-20)48(44,45)40(18-22-9-10-24(35)16-30(22)36)19-27-12-11-26(47-27)17-29-31(33(43)46-3)21(2)41(32(29)42)25-6-4-5-23(15-25)34(37,38)39/h4-17H,18-19H2,1-3H3/b29-17+. The van der Waals surface area contributed by atoms with Gasteiger partial charge in [-0.1, -0.05) is 53.0 Å². The van der Waals surface area contributed by atoms with Gasteiger partial charge in [-0.3, -0.25) is 9.69 Å². The van der Waals surface area contributed by atoms with Crippen LogP contribution in [0.4, 0.5) is 18.9 Å². The molecular weight excluding hydrogens is 692 g/mol. The van der Waals surface area contributed by atoms with Crippen LogP contribution in [-0.2, 0) is 43.6 Å². The summed E-state index contributed by atoms with van der Waals surface area (Å²) in [6.07, 6.45) is -3.41. The fourth-order valence-corrected chi connectivity index (χ4v) is 6.96. The van der Waals surface area contributed by atoms with Crippen molar-refractivity contribution >= 4 is 56.9 Å². The number of benzene rings is 3. The molecule has 4 aromatic rings. The van der Waals surface area contributed by atoms with Crippen LogP contribution in [0.1, 0.15) is 35.1 Å². The molecule has 0 saturated heterocycles. The molecule has 0 atom stereocenters. The van der Waals surface area contributed by atoms with E-state index in [-0.39, 0.29) is 57.1 Å². The highest BCUT2D eigenvalue weighted by atomic mass is 35.5. The number of aryl methyl sites for hydroxylation is 1. The topological polar surface area (TPSA) is 97.1 Å². The quantitative estimate of drug-likeness (QED) is 0.128. The van der Waals surface area contributed by atoms with Crippen LogP contribution in [-0.4, -0.2) is 31.7 Å². The third kappa shape index (κ3) is 7.21. The van der Waals surface area contributed by atoms with Gasteiger partial charge in [0.15, 0.2) is 0 Å². The lowest BCUT2D eigenvalue weighted by Gasteiger charge is -2.22. The zero-order chi connectivity index (χ0) is 35.0. The summed E-state index contributed by atoms with van der Waals surface area (Å²) in [4.78, 5) is 27.5. The number of carbonyl (C=O) groups is 2. The van der Waals surface area contributed by atoms with E-state index in [1.54, 1.807) is 24.3 Å². The monoisotopic (exact) mass is 718 g/mol. The van der Waals surface area contributed by atoms with Crippen molar-refractivity contribution in [1.29, 1.82) is 0 Å². The molecule has 1 aliphatic heterocycles. The Balaban J connectivity index is 1.50. The highest BCUT2D eigenvalue weighted by Crippen LogP contribution is 2.38. The number of halogens is 5. The Hall–Kier alpha value is -4.36. The molecule has 48 heavy (non-hydrogen) atoms. The largest absolute Gasteiger partial charge is 0.465 e. The maximum Gasteiger partial charge on any atom is 0.416 e. The van der Waals surface area contributed by atoms with Gasteiger partial charge < -0.3 is 9.15 Å². The van der Waals surface area contributed by atoms with Crippen molar-refractivity contribution in [3.8, 4) is 0 Å². The first-order valence-corrected chi connectivity index (χ1v) is 16.4. The number of methoxy groups -OCH3 is 1. The number of sulfonamides is 1. The van der Waals surface area contributed by atoms with Crippen molar-refractivity contribution in [2.24, 2.45) is 0 Å². The summed E-state index contributed by atoms with van der Waals surface area (Å²) in [7, 11) is -2.98. The summed E-state index contributed by atoms with van der Waals surface area (Å²) in [5.41, 5.74) is -0.0183. The number of alkyl halides is 3. The van der Waals surface area contributed by atoms with E-state index in [4.69, 9.17) is 32.4 Å². The molecule has 0 saturated carbocycles. The summed E-state index contributed by atoms with van der Waals surface area (Å²) in [6, 6.07) is 18.2. The van der Waals surface area contributed by atoms with Crippen LogP contribution in [0.15, 0.2) is 105 Å². The molecule has 0 bridgehead atoms. The number of hydrogen-bond donors (Lipinski definition) is 0. The zero-order valence-corrected chi connectivity index (χ0v) is 28.0. The maximum absolute atomic E-state index is 13.8. The van der Waals surface area contributed by atoms with Crippen LogP contribution in [0.2, 0.25) is 10.0 Å². The number of rotatable bonds is 9. The molecule has 0 unspecified atom stereocenters. The number of nitrogens with zero attached hydrogens (tertiary/aromatic N) is 2.